The van der Waals surface area contributed by atoms with Crippen LogP contribution in [0.25, 0.3) is 22.3 Å². The molecule has 3 aromatic rings. The average molecular weight is 359 g/mol. The van der Waals surface area contributed by atoms with Gasteiger partial charge in [0.25, 0.3) is 0 Å². The quantitative estimate of drug-likeness (QED) is 0.604. The Balaban J connectivity index is 2.04. The summed E-state index contributed by atoms with van der Waals surface area (Å²) in [7, 11) is 0. The highest BCUT2D eigenvalue weighted by Crippen LogP contribution is 2.30. The Bertz CT molecular complexity index is 852. The molecule has 0 radical (unpaired) electrons. The van der Waals surface area contributed by atoms with E-state index in [1.165, 1.54) is 0 Å². The maximum absolute atomic E-state index is 8.90. The lowest BCUT2D eigenvalue weighted by molar-refractivity contribution is 1.48. The summed E-state index contributed by atoms with van der Waals surface area (Å²) in [6, 6.07) is 25.5. The van der Waals surface area contributed by atoms with Crippen molar-refractivity contribution in [1.82, 2.24) is 0 Å². The Kier molecular flexibility index (Phi) is 4.24. The summed E-state index contributed by atoms with van der Waals surface area (Å²) in [6.07, 6.45) is 0. The molecule has 0 atom stereocenters. The molecular formula is C20H11BrN2. The topological polar surface area (TPSA) is 47.6 Å². The fourth-order valence-electron chi connectivity index (χ4n) is 2.40. The normalized spacial score (nSPS) is 9.87. The van der Waals surface area contributed by atoms with Crippen LogP contribution in [-0.4, -0.2) is 0 Å². The van der Waals surface area contributed by atoms with Crippen LogP contribution in [0.1, 0.15) is 11.1 Å². The van der Waals surface area contributed by atoms with Gasteiger partial charge in [0.05, 0.1) is 23.3 Å². The fourth-order valence-corrected chi connectivity index (χ4v) is 2.89. The van der Waals surface area contributed by atoms with Gasteiger partial charge in [0.15, 0.2) is 0 Å². The van der Waals surface area contributed by atoms with Crippen molar-refractivity contribution in [3.05, 3.63) is 82.3 Å². The molecule has 0 N–H and O–H groups in total. The summed E-state index contributed by atoms with van der Waals surface area (Å²) >= 11 is 3.56. The van der Waals surface area contributed by atoms with E-state index in [2.05, 4.69) is 46.3 Å². The molecule has 0 unspecified atom stereocenters. The van der Waals surface area contributed by atoms with Gasteiger partial charge in [-0.1, -0.05) is 40.2 Å². The highest BCUT2D eigenvalue weighted by atomic mass is 79.9. The first-order valence-electron chi connectivity index (χ1n) is 7.01. The van der Waals surface area contributed by atoms with Crippen molar-refractivity contribution in [2.75, 3.05) is 0 Å². The number of hydrogen-bond donors (Lipinski definition) is 0. The molecule has 0 aliphatic heterocycles. The minimum Gasteiger partial charge on any atom is -0.192 e. The van der Waals surface area contributed by atoms with Crippen molar-refractivity contribution in [2.45, 2.75) is 0 Å². The predicted molar refractivity (Wildman–Crippen MR) is 94.4 cm³/mol. The third kappa shape index (κ3) is 3.31. The second kappa shape index (κ2) is 6.48. The Morgan fingerprint density at radius 2 is 0.957 bits per heavy atom. The molecule has 0 amide bonds. The van der Waals surface area contributed by atoms with E-state index >= 15 is 0 Å². The lowest BCUT2D eigenvalue weighted by Gasteiger charge is -2.08. The minimum absolute atomic E-state index is 0.649. The van der Waals surface area contributed by atoms with Crippen molar-refractivity contribution >= 4 is 15.9 Å². The molecule has 0 heterocycles. The zero-order chi connectivity index (χ0) is 16.2. The van der Waals surface area contributed by atoms with E-state index in [0.29, 0.717) is 11.1 Å². The Morgan fingerprint density at radius 3 is 1.30 bits per heavy atom. The van der Waals surface area contributed by atoms with E-state index in [-0.39, 0.29) is 0 Å². The first-order valence-corrected chi connectivity index (χ1v) is 7.80. The van der Waals surface area contributed by atoms with Crippen molar-refractivity contribution in [2.24, 2.45) is 0 Å². The first-order chi connectivity index (χ1) is 11.2. The van der Waals surface area contributed by atoms with Crippen LogP contribution < -0.4 is 0 Å². The van der Waals surface area contributed by atoms with Gasteiger partial charge >= 0.3 is 0 Å². The van der Waals surface area contributed by atoms with Gasteiger partial charge in [-0.15, -0.1) is 0 Å². The van der Waals surface area contributed by atoms with Crippen LogP contribution in [0, 0.1) is 22.7 Å². The van der Waals surface area contributed by atoms with Crippen molar-refractivity contribution in [1.29, 1.82) is 10.5 Å². The zero-order valence-electron chi connectivity index (χ0n) is 12.1. The third-order valence-electron chi connectivity index (χ3n) is 3.59. The van der Waals surface area contributed by atoms with Gasteiger partial charge in [0, 0.05) is 4.47 Å². The molecule has 0 fully saturated rings. The molecule has 0 aliphatic rings. The lowest BCUT2D eigenvalue weighted by Crippen LogP contribution is -1.84. The summed E-state index contributed by atoms with van der Waals surface area (Å²) in [6.45, 7) is 0. The maximum atomic E-state index is 8.90. The molecule has 3 aromatic carbocycles. The fraction of sp³-hybridized carbons (Fsp3) is 0. The second-order valence-corrected chi connectivity index (χ2v) is 6.02. The molecule has 0 saturated carbocycles. The summed E-state index contributed by atoms with van der Waals surface area (Å²) in [5.41, 5.74) is 5.55. The van der Waals surface area contributed by atoms with Crippen LogP contribution in [0.4, 0.5) is 0 Å². The van der Waals surface area contributed by atoms with Gasteiger partial charge in [-0.2, -0.15) is 10.5 Å². The zero-order valence-corrected chi connectivity index (χ0v) is 13.7. The molecule has 23 heavy (non-hydrogen) atoms. The van der Waals surface area contributed by atoms with Crippen molar-refractivity contribution in [3.63, 3.8) is 0 Å². The molecule has 108 valence electrons. The number of hydrogen-bond acceptors (Lipinski definition) is 2. The number of halogens is 1. The van der Waals surface area contributed by atoms with Crippen molar-refractivity contribution in [3.8, 4) is 34.4 Å². The van der Waals surface area contributed by atoms with Gasteiger partial charge < -0.3 is 0 Å². The van der Waals surface area contributed by atoms with E-state index in [1.54, 1.807) is 0 Å². The Morgan fingerprint density at radius 1 is 0.565 bits per heavy atom. The highest BCUT2D eigenvalue weighted by molar-refractivity contribution is 9.10. The number of rotatable bonds is 2. The number of benzene rings is 3. The van der Waals surface area contributed by atoms with Crippen LogP contribution >= 0.6 is 15.9 Å². The summed E-state index contributed by atoms with van der Waals surface area (Å²) < 4.78 is 0.985. The van der Waals surface area contributed by atoms with E-state index in [4.69, 9.17) is 10.5 Å². The third-order valence-corrected chi connectivity index (χ3v) is 4.05. The van der Waals surface area contributed by atoms with E-state index in [0.717, 1.165) is 26.7 Å². The van der Waals surface area contributed by atoms with Crippen LogP contribution in [0.3, 0.4) is 0 Å². The smallest absolute Gasteiger partial charge is 0.0991 e. The SMILES string of the molecule is N#Cc1ccc(-c2cc(Br)cc(-c3ccc(C#N)cc3)c2)cc1. The van der Waals surface area contributed by atoms with Crippen LogP contribution in [-0.2, 0) is 0 Å². The van der Waals surface area contributed by atoms with Crippen LogP contribution in [0.2, 0.25) is 0 Å². The summed E-state index contributed by atoms with van der Waals surface area (Å²) in [5, 5.41) is 17.8. The second-order valence-electron chi connectivity index (χ2n) is 5.11. The largest absolute Gasteiger partial charge is 0.192 e. The highest BCUT2D eigenvalue weighted by Gasteiger charge is 2.05. The summed E-state index contributed by atoms with van der Waals surface area (Å²) in [4.78, 5) is 0. The van der Waals surface area contributed by atoms with Gasteiger partial charge in [-0.3, -0.25) is 0 Å². The number of nitriles is 2. The van der Waals surface area contributed by atoms with Gasteiger partial charge in [0.2, 0.25) is 0 Å². The van der Waals surface area contributed by atoms with E-state index < -0.39 is 0 Å². The molecule has 0 aromatic heterocycles. The molecule has 2 nitrogen and oxygen atoms in total. The monoisotopic (exact) mass is 358 g/mol. The molecule has 0 aliphatic carbocycles. The van der Waals surface area contributed by atoms with Crippen LogP contribution in [0.5, 0.6) is 0 Å². The molecular weight excluding hydrogens is 348 g/mol. The molecule has 0 saturated heterocycles. The molecule has 3 heteroatoms. The van der Waals surface area contributed by atoms with Crippen LogP contribution in [0.15, 0.2) is 71.2 Å². The Hall–Kier alpha value is -2.88. The first kappa shape index (κ1) is 15.0. The lowest BCUT2D eigenvalue weighted by atomic mass is 9.98. The Labute approximate surface area is 143 Å². The van der Waals surface area contributed by atoms with Gasteiger partial charge in [-0.25, -0.2) is 0 Å². The van der Waals surface area contributed by atoms with Gasteiger partial charge in [0.1, 0.15) is 0 Å². The minimum atomic E-state index is 0.649. The van der Waals surface area contributed by atoms with Crippen molar-refractivity contribution < 1.29 is 0 Å². The standard InChI is InChI=1S/C20H11BrN2/c21-20-10-18(16-5-1-14(12-22)2-6-16)9-19(11-20)17-7-3-15(13-23)4-8-17/h1-11H. The van der Waals surface area contributed by atoms with Gasteiger partial charge in [-0.05, 0) is 64.7 Å². The predicted octanol–water partition coefficient (Wildman–Crippen LogP) is 5.53. The summed E-state index contributed by atoms with van der Waals surface area (Å²) in [5.74, 6) is 0. The van der Waals surface area contributed by atoms with E-state index in [1.807, 2.05) is 48.5 Å². The maximum Gasteiger partial charge on any atom is 0.0991 e. The molecule has 0 bridgehead atoms. The van der Waals surface area contributed by atoms with E-state index in [9.17, 15) is 0 Å². The number of nitrogens with zero attached hydrogens (tertiary/aromatic N) is 2. The molecule has 3 rings (SSSR count). The molecule has 0 spiro atoms. The average Bonchev–Trinajstić information content (AvgIpc) is 2.61.